The van der Waals surface area contributed by atoms with Gasteiger partial charge in [-0.1, -0.05) is 30.3 Å². The third-order valence-corrected chi connectivity index (χ3v) is 6.83. The lowest BCUT2D eigenvalue weighted by Gasteiger charge is -2.26. The maximum Gasteiger partial charge on any atom is 0.323 e. The summed E-state index contributed by atoms with van der Waals surface area (Å²) in [6.45, 7) is 4.20. The summed E-state index contributed by atoms with van der Waals surface area (Å²) in [7, 11) is 0. The minimum Gasteiger partial charge on any atom is -0.378 e. The molecule has 1 aliphatic rings. The standard InChI is InChI=1S/C30H28N8O3/c1-19-23(8-5-9-24(19)35-30(40)34-21-6-3-2-4-7-21)26-36-27-25(31-18-32-27)28(37-26)33-22-12-10-20(11-13-22)29(39)38-14-16-41-17-15-38/h2-13,18H,14-17H2,1H3,(H2,34,35,40)(H2,31,32,33,36,37). The maximum absolute atomic E-state index is 12.8. The van der Waals surface area contributed by atoms with Gasteiger partial charge < -0.3 is 30.6 Å². The molecule has 4 N–H and O–H groups in total. The highest BCUT2D eigenvalue weighted by Gasteiger charge is 2.19. The van der Waals surface area contributed by atoms with Crippen LogP contribution in [0.3, 0.4) is 0 Å². The number of hydrogen-bond acceptors (Lipinski definition) is 7. The molecule has 1 fully saturated rings. The summed E-state index contributed by atoms with van der Waals surface area (Å²) in [6, 6.07) is 21.8. The molecule has 11 heteroatoms. The monoisotopic (exact) mass is 548 g/mol. The average Bonchev–Trinajstić information content (AvgIpc) is 3.48. The number of aromatic amines is 1. The van der Waals surface area contributed by atoms with Gasteiger partial charge in [0, 0.05) is 41.3 Å². The molecule has 1 saturated heterocycles. The van der Waals surface area contributed by atoms with Gasteiger partial charge in [-0.2, -0.15) is 0 Å². The Morgan fingerprint density at radius 1 is 0.878 bits per heavy atom. The van der Waals surface area contributed by atoms with Gasteiger partial charge in [0.2, 0.25) is 0 Å². The number of amides is 3. The van der Waals surface area contributed by atoms with E-state index in [1.165, 1.54) is 0 Å². The molecule has 3 heterocycles. The number of H-pyrrole nitrogens is 1. The van der Waals surface area contributed by atoms with Crippen LogP contribution in [0.25, 0.3) is 22.6 Å². The first-order valence-electron chi connectivity index (χ1n) is 13.2. The number of benzene rings is 3. The normalized spacial score (nSPS) is 13.1. The van der Waals surface area contributed by atoms with E-state index >= 15 is 0 Å². The van der Waals surface area contributed by atoms with Gasteiger partial charge in [-0.3, -0.25) is 4.79 Å². The van der Waals surface area contributed by atoms with E-state index in [2.05, 4.69) is 30.9 Å². The Bertz CT molecular complexity index is 1700. The van der Waals surface area contributed by atoms with Gasteiger partial charge in [-0.25, -0.2) is 19.7 Å². The molecule has 0 aliphatic carbocycles. The Labute approximate surface area is 236 Å². The van der Waals surface area contributed by atoms with Crippen LogP contribution in [0.4, 0.5) is 27.7 Å². The van der Waals surface area contributed by atoms with E-state index < -0.39 is 0 Å². The fourth-order valence-electron chi connectivity index (χ4n) is 4.65. The molecule has 0 bridgehead atoms. The van der Waals surface area contributed by atoms with Crippen molar-refractivity contribution < 1.29 is 14.3 Å². The van der Waals surface area contributed by atoms with Crippen molar-refractivity contribution in [2.24, 2.45) is 0 Å². The van der Waals surface area contributed by atoms with Crippen LogP contribution in [0, 0.1) is 6.92 Å². The van der Waals surface area contributed by atoms with E-state index in [9.17, 15) is 9.59 Å². The summed E-state index contributed by atoms with van der Waals surface area (Å²) in [4.78, 5) is 44.2. The van der Waals surface area contributed by atoms with Crippen LogP contribution in [0.2, 0.25) is 0 Å². The molecule has 3 amide bonds. The van der Waals surface area contributed by atoms with Crippen molar-refractivity contribution in [3.05, 3.63) is 90.3 Å². The number of aromatic nitrogens is 4. The molecule has 5 aromatic rings. The van der Waals surface area contributed by atoms with Gasteiger partial charge in [0.25, 0.3) is 5.91 Å². The minimum atomic E-state index is -0.349. The molecule has 3 aromatic carbocycles. The third kappa shape index (κ3) is 5.70. The largest absolute Gasteiger partial charge is 0.378 e. The Morgan fingerprint density at radius 2 is 1.66 bits per heavy atom. The molecule has 0 saturated carbocycles. The summed E-state index contributed by atoms with van der Waals surface area (Å²) in [5.41, 5.74) is 5.41. The fraction of sp³-hybridized carbons (Fsp3) is 0.167. The number of ether oxygens (including phenoxy) is 1. The van der Waals surface area contributed by atoms with Crippen LogP contribution >= 0.6 is 0 Å². The number of hydrogen-bond donors (Lipinski definition) is 4. The zero-order chi connectivity index (χ0) is 28.2. The van der Waals surface area contributed by atoms with Crippen molar-refractivity contribution in [3.63, 3.8) is 0 Å². The first-order valence-corrected chi connectivity index (χ1v) is 13.2. The van der Waals surface area contributed by atoms with E-state index in [1.807, 2.05) is 67.6 Å². The molecule has 0 atom stereocenters. The van der Waals surface area contributed by atoms with Crippen LogP contribution in [-0.4, -0.2) is 63.1 Å². The van der Waals surface area contributed by atoms with Crippen molar-refractivity contribution >= 4 is 46.0 Å². The molecule has 6 rings (SSSR count). The topological polar surface area (TPSA) is 137 Å². The quantitative estimate of drug-likeness (QED) is 0.229. The first kappa shape index (κ1) is 26.0. The molecule has 1 aliphatic heterocycles. The number of urea groups is 1. The second-order valence-electron chi connectivity index (χ2n) is 9.53. The van der Waals surface area contributed by atoms with Crippen LogP contribution in [0.1, 0.15) is 15.9 Å². The first-order chi connectivity index (χ1) is 20.0. The zero-order valence-electron chi connectivity index (χ0n) is 22.3. The highest BCUT2D eigenvalue weighted by Crippen LogP contribution is 2.30. The summed E-state index contributed by atoms with van der Waals surface area (Å²) in [5.74, 6) is 0.978. The molecular formula is C30H28N8O3. The summed E-state index contributed by atoms with van der Waals surface area (Å²) < 4.78 is 5.35. The minimum absolute atomic E-state index is 0.0125. The lowest BCUT2D eigenvalue weighted by atomic mass is 10.1. The Kier molecular flexibility index (Phi) is 7.25. The highest BCUT2D eigenvalue weighted by molar-refractivity contribution is 6.01. The van der Waals surface area contributed by atoms with E-state index in [4.69, 9.17) is 9.72 Å². The van der Waals surface area contributed by atoms with E-state index in [0.29, 0.717) is 66.0 Å². The number of carbonyl (C=O) groups is 2. The Morgan fingerprint density at radius 3 is 2.44 bits per heavy atom. The Balaban J connectivity index is 1.24. The van der Waals surface area contributed by atoms with Gasteiger partial charge >= 0.3 is 6.03 Å². The SMILES string of the molecule is Cc1c(NC(=O)Nc2ccccc2)cccc1-c1nc(Nc2ccc(C(=O)N3CCOCC3)cc2)c2[nH]cnc2n1. The molecular weight excluding hydrogens is 520 g/mol. The second kappa shape index (κ2) is 11.4. The van der Waals surface area contributed by atoms with Crippen LogP contribution in [0.5, 0.6) is 0 Å². The number of rotatable bonds is 6. The fourth-order valence-corrected chi connectivity index (χ4v) is 4.65. The average molecular weight is 549 g/mol. The number of carbonyl (C=O) groups excluding carboxylic acids is 2. The molecule has 2 aromatic heterocycles. The lowest BCUT2D eigenvalue weighted by molar-refractivity contribution is 0.0303. The summed E-state index contributed by atoms with van der Waals surface area (Å²) >= 11 is 0. The number of nitrogens with zero attached hydrogens (tertiary/aromatic N) is 4. The number of nitrogens with one attached hydrogen (secondary N) is 4. The zero-order valence-corrected chi connectivity index (χ0v) is 22.3. The maximum atomic E-state index is 12.8. The number of fused-ring (bicyclic) bond motifs is 1. The van der Waals surface area contributed by atoms with Gasteiger partial charge in [-0.05, 0) is 55.0 Å². The van der Waals surface area contributed by atoms with Crippen molar-refractivity contribution in [3.8, 4) is 11.4 Å². The van der Waals surface area contributed by atoms with Crippen molar-refractivity contribution in [2.45, 2.75) is 6.92 Å². The predicted molar refractivity (Wildman–Crippen MR) is 157 cm³/mol. The van der Waals surface area contributed by atoms with Gasteiger partial charge in [0.1, 0.15) is 5.52 Å². The number of anilines is 4. The second-order valence-corrected chi connectivity index (χ2v) is 9.53. The van der Waals surface area contributed by atoms with E-state index in [0.717, 1.165) is 16.8 Å². The Hall–Kier alpha value is -5.29. The van der Waals surface area contributed by atoms with Gasteiger partial charge in [0.15, 0.2) is 17.3 Å². The van der Waals surface area contributed by atoms with Gasteiger partial charge in [-0.15, -0.1) is 0 Å². The van der Waals surface area contributed by atoms with Crippen LogP contribution in [-0.2, 0) is 4.74 Å². The van der Waals surface area contributed by atoms with Gasteiger partial charge in [0.05, 0.1) is 19.5 Å². The molecule has 0 spiro atoms. The molecule has 41 heavy (non-hydrogen) atoms. The summed E-state index contributed by atoms with van der Waals surface area (Å²) in [5, 5.41) is 9.08. The molecule has 11 nitrogen and oxygen atoms in total. The van der Waals surface area contributed by atoms with Crippen molar-refractivity contribution in [1.29, 1.82) is 0 Å². The van der Waals surface area contributed by atoms with Crippen molar-refractivity contribution in [2.75, 3.05) is 42.3 Å². The summed E-state index contributed by atoms with van der Waals surface area (Å²) in [6.07, 6.45) is 1.57. The van der Waals surface area contributed by atoms with Crippen LogP contribution in [0.15, 0.2) is 79.1 Å². The van der Waals surface area contributed by atoms with Crippen LogP contribution < -0.4 is 16.0 Å². The van der Waals surface area contributed by atoms with E-state index in [-0.39, 0.29) is 11.9 Å². The third-order valence-electron chi connectivity index (χ3n) is 6.83. The highest BCUT2D eigenvalue weighted by atomic mass is 16.5. The molecule has 0 unspecified atom stereocenters. The number of imidazole rings is 1. The number of morpholine rings is 1. The predicted octanol–water partition coefficient (Wildman–Crippen LogP) is 5.19. The van der Waals surface area contributed by atoms with E-state index in [1.54, 1.807) is 23.4 Å². The lowest BCUT2D eigenvalue weighted by Crippen LogP contribution is -2.40. The smallest absolute Gasteiger partial charge is 0.323 e. The molecule has 206 valence electrons. The number of para-hydroxylation sites is 1. The molecule has 0 radical (unpaired) electrons. The van der Waals surface area contributed by atoms with Crippen molar-refractivity contribution in [1.82, 2.24) is 24.8 Å².